The Bertz CT molecular complexity index is 1440. The number of carbonyl (C=O) groups is 4. The Labute approximate surface area is 284 Å². The van der Waals surface area contributed by atoms with Crippen LogP contribution in [0.25, 0.3) is 22.5 Å². The van der Waals surface area contributed by atoms with E-state index in [9.17, 15) is 35.9 Å². The van der Waals surface area contributed by atoms with Gasteiger partial charge < -0.3 is 30.2 Å². The maximum atomic E-state index is 13.3. The normalized spacial score (nSPS) is 14.3. The predicted molar refractivity (Wildman–Crippen MR) is 172 cm³/mol. The van der Waals surface area contributed by atoms with E-state index < -0.39 is 24.3 Å². The van der Waals surface area contributed by atoms with Crippen LogP contribution in [0.4, 0.5) is 26.3 Å². The Hall–Kier alpha value is -4.73. The molecular formula is C34H40F6N4O6. The molecule has 50 heavy (non-hydrogen) atoms. The van der Waals surface area contributed by atoms with Crippen molar-refractivity contribution in [2.24, 2.45) is 5.92 Å². The third-order valence-electron chi connectivity index (χ3n) is 7.57. The number of nitrogens with one attached hydrogen (secondary N) is 2. The lowest BCUT2D eigenvalue weighted by molar-refractivity contribution is -0.193. The van der Waals surface area contributed by atoms with Gasteiger partial charge in [0.25, 0.3) is 0 Å². The van der Waals surface area contributed by atoms with Crippen LogP contribution in [0.5, 0.6) is 0 Å². The minimum absolute atomic E-state index is 0.0403. The number of halogens is 6. The molecule has 3 aromatic rings. The zero-order valence-corrected chi connectivity index (χ0v) is 27.5. The number of nitrogens with zero attached hydrogens (tertiary/aromatic N) is 2. The molecule has 1 aliphatic rings. The summed E-state index contributed by atoms with van der Waals surface area (Å²) in [5.74, 6) is -4.33. The van der Waals surface area contributed by atoms with E-state index in [2.05, 4.69) is 46.5 Å². The number of carbonyl (C=O) groups excluding carboxylic acids is 2. The number of Topliss-reactive ketones (excluding diaryl/α,β-unsaturated/α-hetero) is 1. The van der Waals surface area contributed by atoms with Crippen LogP contribution >= 0.6 is 0 Å². The quantitative estimate of drug-likeness (QED) is 0.122. The third-order valence-corrected chi connectivity index (χ3v) is 7.57. The highest BCUT2D eigenvalue weighted by Gasteiger charge is 2.39. The number of H-pyrrole nitrogens is 1. The van der Waals surface area contributed by atoms with Crippen LogP contribution in [-0.4, -0.2) is 81.2 Å². The molecule has 4 N–H and O–H groups in total. The molecule has 1 saturated heterocycles. The van der Waals surface area contributed by atoms with Crippen LogP contribution in [0, 0.1) is 5.92 Å². The number of carboxylic acid groups (broad SMARTS) is 2. The summed E-state index contributed by atoms with van der Waals surface area (Å²) >= 11 is 0. The van der Waals surface area contributed by atoms with Crippen molar-refractivity contribution in [1.82, 2.24) is 20.2 Å². The fraction of sp³-hybridized carbons (Fsp3) is 0.441. The molecule has 274 valence electrons. The second-order valence-corrected chi connectivity index (χ2v) is 11.6. The number of piperidine rings is 1. The van der Waals surface area contributed by atoms with Crippen LogP contribution in [0.15, 0.2) is 60.7 Å². The zero-order chi connectivity index (χ0) is 37.5. The summed E-state index contributed by atoms with van der Waals surface area (Å²) in [5, 5.41) is 17.6. The largest absolute Gasteiger partial charge is 0.490 e. The van der Waals surface area contributed by atoms with E-state index in [1.54, 1.807) is 6.92 Å². The van der Waals surface area contributed by atoms with Gasteiger partial charge in [-0.3, -0.25) is 4.79 Å². The number of imidazole rings is 1. The van der Waals surface area contributed by atoms with Gasteiger partial charge >= 0.3 is 24.3 Å². The molecule has 0 radical (unpaired) electrons. The van der Waals surface area contributed by atoms with E-state index >= 15 is 0 Å². The monoisotopic (exact) mass is 714 g/mol. The van der Waals surface area contributed by atoms with E-state index in [0.717, 1.165) is 80.0 Å². The van der Waals surface area contributed by atoms with Crippen molar-refractivity contribution in [2.75, 3.05) is 20.1 Å². The van der Waals surface area contributed by atoms with Gasteiger partial charge in [-0.25, -0.2) is 14.6 Å². The summed E-state index contributed by atoms with van der Waals surface area (Å²) in [5.41, 5.74) is 3.97. The number of ketones is 1. The molecule has 2 aromatic carbocycles. The number of aromatic amines is 1. The van der Waals surface area contributed by atoms with Gasteiger partial charge in [-0.1, -0.05) is 73.5 Å². The van der Waals surface area contributed by atoms with Gasteiger partial charge in [-0.2, -0.15) is 26.3 Å². The number of hydrogen-bond donors (Lipinski definition) is 4. The van der Waals surface area contributed by atoms with Crippen molar-refractivity contribution >= 4 is 23.6 Å². The molecule has 10 nitrogen and oxygen atoms in total. The van der Waals surface area contributed by atoms with Gasteiger partial charge in [0.15, 0.2) is 0 Å². The maximum absolute atomic E-state index is 13.3. The Morgan fingerprint density at radius 3 is 1.78 bits per heavy atom. The Kier molecular flexibility index (Phi) is 16.1. The molecule has 0 saturated carbocycles. The molecule has 4 rings (SSSR count). The number of aliphatic carboxylic acids is 2. The summed E-state index contributed by atoms with van der Waals surface area (Å²) in [6, 6.07) is 20.2. The second kappa shape index (κ2) is 19.5. The molecule has 0 unspecified atom stereocenters. The number of amides is 1. The van der Waals surface area contributed by atoms with Crippen LogP contribution in [-0.2, 0) is 19.2 Å². The molecule has 16 heteroatoms. The zero-order valence-electron chi connectivity index (χ0n) is 27.5. The minimum atomic E-state index is -5.08. The lowest BCUT2D eigenvalue weighted by atomic mass is 9.95. The Balaban J connectivity index is 0.000000521. The predicted octanol–water partition coefficient (Wildman–Crippen LogP) is 7.05. The number of alkyl halides is 6. The van der Waals surface area contributed by atoms with Crippen LogP contribution in [0.1, 0.15) is 63.7 Å². The van der Waals surface area contributed by atoms with Gasteiger partial charge in [0.2, 0.25) is 5.91 Å². The van der Waals surface area contributed by atoms with Crippen molar-refractivity contribution in [1.29, 1.82) is 0 Å². The molecule has 1 amide bonds. The van der Waals surface area contributed by atoms with E-state index in [0.29, 0.717) is 6.42 Å². The fourth-order valence-electron chi connectivity index (χ4n) is 4.91. The number of hydrogen-bond acceptors (Lipinski definition) is 6. The first kappa shape index (κ1) is 41.4. The summed E-state index contributed by atoms with van der Waals surface area (Å²) in [6.45, 7) is 3.54. The lowest BCUT2D eigenvalue weighted by Crippen LogP contribution is -2.40. The molecule has 1 fully saturated rings. The molecular weight excluding hydrogens is 674 g/mol. The number of aromatic nitrogens is 2. The highest BCUT2D eigenvalue weighted by molar-refractivity contribution is 5.80. The van der Waals surface area contributed by atoms with E-state index in [-0.39, 0.29) is 23.7 Å². The van der Waals surface area contributed by atoms with Crippen molar-refractivity contribution in [3.8, 4) is 22.5 Å². The number of unbranched alkanes of at least 4 members (excludes halogenated alkanes) is 2. The first-order valence-corrected chi connectivity index (χ1v) is 15.7. The summed E-state index contributed by atoms with van der Waals surface area (Å²) < 4.78 is 63.5. The molecule has 0 aliphatic carbocycles. The Morgan fingerprint density at radius 1 is 0.840 bits per heavy atom. The number of likely N-dealkylation sites (tertiary alicyclic amines) is 1. The molecule has 1 aromatic heterocycles. The number of rotatable bonds is 11. The average molecular weight is 715 g/mol. The molecule has 0 spiro atoms. The average Bonchev–Trinajstić information content (AvgIpc) is 3.50. The maximum Gasteiger partial charge on any atom is 0.490 e. The SMILES string of the molecule is CC(=O)CCCCC[C@H](NC(=O)C1CCN(C)CC1)c1nc(-c2ccccc2)c(-c2ccccc2)[nH]1.O=C(O)C(F)(F)F.O=C(O)C(F)(F)F. The van der Waals surface area contributed by atoms with Crippen molar-refractivity contribution < 1.29 is 55.7 Å². The third kappa shape index (κ3) is 14.4. The highest BCUT2D eigenvalue weighted by atomic mass is 19.4. The number of benzene rings is 2. The smallest absolute Gasteiger partial charge is 0.475 e. The topological polar surface area (TPSA) is 153 Å². The molecule has 2 heterocycles. The minimum Gasteiger partial charge on any atom is -0.475 e. The summed E-state index contributed by atoms with van der Waals surface area (Å²) in [4.78, 5) is 53.3. The Morgan fingerprint density at radius 2 is 1.32 bits per heavy atom. The first-order valence-electron chi connectivity index (χ1n) is 15.7. The van der Waals surface area contributed by atoms with Crippen molar-refractivity contribution in [2.45, 2.75) is 70.3 Å². The van der Waals surface area contributed by atoms with Crippen LogP contribution in [0.2, 0.25) is 0 Å². The van der Waals surface area contributed by atoms with Crippen molar-refractivity contribution in [3.63, 3.8) is 0 Å². The van der Waals surface area contributed by atoms with E-state index in [4.69, 9.17) is 24.8 Å². The van der Waals surface area contributed by atoms with Gasteiger partial charge in [0.1, 0.15) is 11.6 Å². The van der Waals surface area contributed by atoms with Crippen LogP contribution < -0.4 is 5.32 Å². The number of carboxylic acids is 2. The molecule has 0 bridgehead atoms. The second-order valence-electron chi connectivity index (χ2n) is 11.6. The van der Waals surface area contributed by atoms with Gasteiger partial charge in [0.05, 0.1) is 17.4 Å². The van der Waals surface area contributed by atoms with Crippen molar-refractivity contribution in [3.05, 3.63) is 66.5 Å². The first-order chi connectivity index (χ1) is 23.4. The van der Waals surface area contributed by atoms with Crippen LogP contribution in [0.3, 0.4) is 0 Å². The summed E-state index contributed by atoms with van der Waals surface area (Å²) in [6.07, 6.45) is -4.23. The molecule has 1 aliphatic heterocycles. The van der Waals surface area contributed by atoms with Gasteiger partial charge in [-0.05, 0) is 52.7 Å². The standard InChI is InChI=1S/C30H38N4O2.2C2HF3O2/c1-22(35)12-6-3-11-17-26(31-30(36)25-18-20-34(2)21-19-25)29-32-27(23-13-7-4-8-14-23)28(33-29)24-15-9-5-10-16-24;2*3-2(4,5)1(6)7/h4-5,7-10,13-16,25-26H,3,6,11-12,17-21H2,1-2H3,(H,31,36)(H,32,33);2*(H,6,7)/t26-;;/m0../s1. The van der Waals surface area contributed by atoms with E-state index in [1.165, 1.54) is 0 Å². The van der Waals surface area contributed by atoms with E-state index in [1.807, 2.05) is 36.4 Å². The van der Waals surface area contributed by atoms with Gasteiger partial charge in [-0.15, -0.1) is 0 Å². The highest BCUT2D eigenvalue weighted by Crippen LogP contribution is 2.33. The van der Waals surface area contributed by atoms with Gasteiger partial charge in [0, 0.05) is 23.5 Å². The lowest BCUT2D eigenvalue weighted by Gasteiger charge is -2.29. The fourth-order valence-corrected chi connectivity index (χ4v) is 4.91. The molecule has 1 atom stereocenters. The summed E-state index contributed by atoms with van der Waals surface area (Å²) in [7, 11) is 2.11.